The van der Waals surface area contributed by atoms with Crippen molar-refractivity contribution in [3.63, 3.8) is 0 Å². The summed E-state index contributed by atoms with van der Waals surface area (Å²) in [6, 6.07) is 9.64. The third-order valence-electron chi connectivity index (χ3n) is 2.15. The third kappa shape index (κ3) is 1.47. The van der Waals surface area contributed by atoms with Gasteiger partial charge in [-0.1, -0.05) is 0 Å². The van der Waals surface area contributed by atoms with Gasteiger partial charge in [0.2, 0.25) is 0 Å². The molecule has 0 atom stereocenters. The van der Waals surface area contributed by atoms with Crippen molar-refractivity contribution in [3.8, 4) is 0 Å². The van der Waals surface area contributed by atoms with Gasteiger partial charge in [-0.25, -0.2) is 0 Å². The van der Waals surface area contributed by atoms with E-state index in [1.165, 1.54) is 0 Å². The fourth-order valence-corrected chi connectivity index (χ4v) is 2.02. The molecule has 1 amide bonds. The average molecular weight is 253 g/mol. The van der Waals surface area contributed by atoms with E-state index in [0.29, 0.717) is 6.54 Å². The van der Waals surface area contributed by atoms with Crippen LogP contribution in [0.15, 0.2) is 30.3 Å². The summed E-state index contributed by atoms with van der Waals surface area (Å²) < 4.78 is 0.862. The van der Waals surface area contributed by atoms with Crippen LogP contribution in [0.1, 0.15) is 0 Å². The number of carbonyl (C=O) groups is 1. The Hall–Kier alpha value is -1.12. The summed E-state index contributed by atoms with van der Waals surface area (Å²) in [6.45, 7) is 0.442. The first-order valence-corrected chi connectivity index (χ1v) is 5.19. The van der Waals surface area contributed by atoms with Crippen molar-refractivity contribution in [2.45, 2.75) is 0 Å². The quantitative estimate of drug-likeness (QED) is 0.668. The molecule has 2 rings (SSSR count). The zero-order valence-electron chi connectivity index (χ0n) is 7.80. The molecule has 1 aromatic carbocycles. The van der Waals surface area contributed by atoms with E-state index in [2.05, 4.69) is 15.6 Å². The van der Waals surface area contributed by atoms with E-state index in [9.17, 15) is 4.79 Å². The average Bonchev–Trinajstić information content (AvgIpc) is 2.43. The monoisotopic (exact) mass is 254 g/mol. The number of anilines is 1. The number of nitrogens with zero attached hydrogens (tertiary/aromatic N) is 2. The van der Waals surface area contributed by atoms with Crippen LogP contribution >= 0.6 is 0 Å². The Kier molecular flexibility index (Phi) is 2.40. The second kappa shape index (κ2) is 3.56. The van der Waals surface area contributed by atoms with E-state index in [1.54, 1.807) is 4.90 Å². The number of amides is 1. The molecule has 4 heteroatoms. The van der Waals surface area contributed by atoms with Crippen LogP contribution in [0.5, 0.6) is 0 Å². The van der Waals surface area contributed by atoms with E-state index < -0.39 is 0 Å². The Bertz CT molecular complexity index is 377. The van der Waals surface area contributed by atoms with Crippen LogP contribution in [0.4, 0.5) is 5.69 Å². The molecule has 1 aliphatic heterocycles. The maximum atomic E-state index is 11.6. The van der Waals surface area contributed by atoms with Crippen LogP contribution in [0.25, 0.3) is 0 Å². The number of para-hydroxylation sites is 1. The second-order valence-electron chi connectivity index (χ2n) is 3.20. The zero-order valence-corrected chi connectivity index (χ0v) is 9.52. The van der Waals surface area contributed by atoms with E-state index in [4.69, 9.17) is 0 Å². The maximum absolute atomic E-state index is 11.6. The van der Waals surface area contributed by atoms with Crippen molar-refractivity contribution in [1.29, 1.82) is 0 Å². The molecule has 0 unspecified atom stereocenters. The fourth-order valence-electron chi connectivity index (χ4n) is 1.45. The molecule has 0 aromatic heterocycles. The first-order chi connectivity index (χ1) is 6.70. The van der Waals surface area contributed by atoms with Gasteiger partial charge in [-0.2, -0.15) is 0 Å². The molecule has 72 valence electrons. The molecule has 0 saturated carbocycles. The molecule has 0 radical (unpaired) electrons. The zero-order chi connectivity index (χ0) is 10.1. The summed E-state index contributed by atoms with van der Waals surface area (Å²) in [4.78, 5) is 15.2. The van der Waals surface area contributed by atoms with Gasteiger partial charge in [0.1, 0.15) is 0 Å². The summed E-state index contributed by atoms with van der Waals surface area (Å²) >= 11 is 2.92. The molecule has 1 saturated heterocycles. The van der Waals surface area contributed by atoms with Crippen LogP contribution in [0.2, 0.25) is 0 Å². The Morgan fingerprint density at radius 1 is 1.29 bits per heavy atom. The molecule has 0 bridgehead atoms. The molecule has 14 heavy (non-hydrogen) atoms. The van der Waals surface area contributed by atoms with E-state index in [-0.39, 0.29) is 5.91 Å². The van der Waals surface area contributed by atoms with Crippen molar-refractivity contribution in [3.05, 3.63) is 30.3 Å². The van der Waals surface area contributed by atoms with Gasteiger partial charge in [0.05, 0.1) is 0 Å². The minimum atomic E-state index is 0.104. The van der Waals surface area contributed by atoms with Crippen LogP contribution in [0, 0.1) is 0 Å². The molecular formula is C10H10N2OSe. The molecule has 0 N–H and O–H groups in total. The predicted octanol–water partition coefficient (Wildman–Crippen LogP) is 0.221. The van der Waals surface area contributed by atoms with Crippen LogP contribution in [-0.4, -0.2) is 44.6 Å². The number of benzene rings is 1. The number of likely N-dealkylation sites (N-methyl/N-ethyl adjacent to an activating group) is 1. The molecule has 3 nitrogen and oxygen atoms in total. The van der Waals surface area contributed by atoms with Crippen LogP contribution < -0.4 is 4.90 Å². The Morgan fingerprint density at radius 3 is 2.43 bits per heavy atom. The van der Waals surface area contributed by atoms with Gasteiger partial charge in [-0.05, 0) is 0 Å². The second-order valence-corrected chi connectivity index (χ2v) is 3.97. The molecule has 1 fully saturated rings. The first kappa shape index (κ1) is 9.44. The van der Waals surface area contributed by atoms with Gasteiger partial charge in [0.25, 0.3) is 0 Å². The Morgan fingerprint density at radius 2 is 1.93 bits per heavy atom. The number of carbonyl (C=O) groups excluding carboxylic acids is 1. The summed E-state index contributed by atoms with van der Waals surface area (Å²) in [7, 11) is 1.90. The van der Waals surface area contributed by atoms with Gasteiger partial charge in [0, 0.05) is 0 Å². The first-order valence-electron chi connectivity index (χ1n) is 4.33. The summed E-state index contributed by atoms with van der Waals surface area (Å²) in [6.07, 6.45) is 0. The summed E-state index contributed by atoms with van der Waals surface area (Å²) in [5, 5.41) is 0. The van der Waals surface area contributed by atoms with Gasteiger partial charge in [-0.15, -0.1) is 0 Å². The van der Waals surface area contributed by atoms with E-state index in [1.807, 2.05) is 42.3 Å². The molecule has 0 spiro atoms. The fraction of sp³-hybridized carbons (Fsp3) is 0.200. The molecule has 1 heterocycles. The van der Waals surface area contributed by atoms with Crippen LogP contribution in [-0.2, 0) is 4.79 Å². The Labute approximate surface area is 90.7 Å². The van der Waals surface area contributed by atoms with Gasteiger partial charge >= 0.3 is 90.4 Å². The van der Waals surface area contributed by atoms with Crippen molar-refractivity contribution in [2.24, 2.45) is 0 Å². The van der Waals surface area contributed by atoms with Crippen LogP contribution in [0.3, 0.4) is 0 Å². The van der Waals surface area contributed by atoms with Crippen molar-refractivity contribution in [2.75, 3.05) is 18.5 Å². The van der Waals surface area contributed by atoms with E-state index in [0.717, 1.165) is 10.4 Å². The minimum absolute atomic E-state index is 0.104. The van der Waals surface area contributed by atoms with Gasteiger partial charge < -0.3 is 0 Å². The standard InChI is InChI=1S/C10H10N2OSe/c1-11-7-9(13)12(10(11)14)8-5-3-2-4-6-8/h2-6H,7H2,1H3. The number of hydrogen-bond donors (Lipinski definition) is 0. The number of hydrogen-bond acceptors (Lipinski definition) is 2. The molecule has 1 aromatic rings. The van der Waals surface area contributed by atoms with Gasteiger partial charge in [-0.3, -0.25) is 0 Å². The topological polar surface area (TPSA) is 23.6 Å². The van der Waals surface area contributed by atoms with Crippen molar-refractivity contribution < 1.29 is 4.79 Å². The van der Waals surface area contributed by atoms with Crippen molar-refractivity contribution >= 4 is 31.8 Å². The normalized spacial score (nSPS) is 16.6. The summed E-state index contributed by atoms with van der Waals surface area (Å²) in [5.74, 6) is 0.104. The summed E-state index contributed by atoms with van der Waals surface area (Å²) in [5.41, 5.74) is 0.913. The van der Waals surface area contributed by atoms with E-state index >= 15 is 0 Å². The predicted molar refractivity (Wildman–Crippen MR) is 57.3 cm³/mol. The Balaban J connectivity index is 2.36. The third-order valence-corrected chi connectivity index (χ3v) is 3.19. The number of rotatable bonds is 1. The molecule has 1 aliphatic rings. The van der Waals surface area contributed by atoms with Crippen molar-refractivity contribution in [1.82, 2.24) is 4.90 Å². The molecular weight excluding hydrogens is 243 g/mol. The van der Waals surface area contributed by atoms with Gasteiger partial charge in [0.15, 0.2) is 0 Å². The molecule has 0 aliphatic carbocycles. The SMILES string of the molecule is CN1CC(=O)N(c2ccccc2)C1=[Se].